The van der Waals surface area contributed by atoms with Crippen molar-refractivity contribution in [3.05, 3.63) is 88.2 Å². The van der Waals surface area contributed by atoms with E-state index in [1.807, 2.05) is 54.6 Å². The number of hydrogen-bond acceptors (Lipinski definition) is 8. The van der Waals surface area contributed by atoms with Crippen molar-refractivity contribution in [2.24, 2.45) is 0 Å². The number of carbonyl (C=O) groups excluding carboxylic acids is 2. The average Bonchev–Trinajstić information content (AvgIpc) is 3.47. The Morgan fingerprint density at radius 1 is 0.976 bits per heavy atom. The molecule has 0 bridgehead atoms. The van der Waals surface area contributed by atoms with E-state index in [-0.39, 0.29) is 42.9 Å². The molecule has 0 aliphatic carbocycles. The molecule has 1 aliphatic rings. The van der Waals surface area contributed by atoms with Crippen LogP contribution in [-0.4, -0.2) is 47.6 Å². The molecule has 2 amide bonds. The van der Waals surface area contributed by atoms with Crippen LogP contribution in [0.4, 0.5) is 0 Å². The number of carbonyl (C=O) groups is 2. The highest BCUT2D eigenvalue weighted by Gasteiger charge is 2.20. The van der Waals surface area contributed by atoms with E-state index in [1.165, 1.54) is 16.3 Å². The summed E-state index contributed by atoms with van der Waals surface area (Å²) in [7, 11) is 1.60. The SMILES string of the molecule is COc1ccc(CNC(=O)CCCn2c(SCC(=O)NCCc3ccccc3)nc3cc4c(cc3c2=O)OCO4)cc1. The minimum atomic E-state index is -0.260. The Kier molecular flexibility index (Phi) is 9.60. The summed E-state index contributed by atoms with van der Waals surface area (Å²) in [6.07, 6.45) is 1.37. The molecule has 1 aliphatic heterocycles. The van der Waals surface area contributed by atoms with E-state index in [0.717, 1.165) is 23.3 Å². The number of amides is 2. The molecular weight excluding hydrogens is 556 g/mol. The second-order valence-corrected chi connectivity index (χ2v) is 10.6. The van der Waals surface area contributed by atoms with Gasteiger partial charge in [-0.15, -0.1) is 0 Å². The van der Waals surface area contributed by atoms with Gasteiger partial charge in [0.1, 0.15) is 5.75 Å². The zero-order valence-electron chi connectivity index (χ0n) is 23.3. The fraction of sp³-hybridized carbons (Fsp3) is 0.290. The van der Waals surface area contributed by atoms with Crippen molar-refractivity contribution in [1.82, 2.24) is 20.2 Å². The van der Waals surface area contributed by atoms with Gasteiger partial charge in [0, 0.05) is 32.1 Å². The van der Waals surface area contributed by atoms with E-state index in [0.29, 0.717) is 47.1 Å². The monoisotopic (exact) mass is 588 g/mol. The molecule has 0 saturated heterocycles. The summed E-state index contributed by atoms with van der Waals surface area (Å²) >= 11 is 1.19. The highest BCUT2D eigenvalue weighted by molar-refractivity contribution is 7.99. The van der Waals surface area contributed by atoms with Gasteiger partial charge in [0.15, 0.2) is 16.7 Å². The normalized spacial score (nSPS) is 11.8. The summed E-state index contributed by atoms with van der Waals surface area (Å²) < 4.78 is 17.6. The number of benzene rings is 3. The van der Waals surface area contributed by atoms with Crippen LogP contribution in [0.3, 0.4) is 0 Å². The zero-order chi connectivity index (χ0) is 29.3. The first kappa shape index (κ1) is 29.0. The lowest BCUT2D eigenvalue weighted by atomic mass is 10.1. The molecule has 3 aromatic carbocycles. The molecule has 1 aromatic heterocycles. The van der Waals surface area contributed by atoms with Gasteiger partial charge >= 0.3 is 0 Å². The van der Waals surface area contributed by atoms with Crippen molar-refractivity contribution in [2.75, 3.05) is 26.2 Å². The zero-order valence-corrected chi connectivity index (χ0v) is 24.1. The maximum atomic E-state index is 13.6. The van der Waals surface area contributed by atoms with Gasteiger partial charge in [-0.1, -0.05) is 54.2 Å². The lowest BCUT2D eigenvalue weighted by molar-refractivity contribution is -0.121. The first-order valence-electron chi connectivity index (χ1n) is 13.7. The molecule has 0 atom stereocenters. The third kappa shape index (κ3) is 7.41. The van der Waals surface area contributed by atoms with Crippen LogP contribution in [0.5, 0.6) is 17.2 Å². The summed E-state index contributed by atoms with van der Waals surface area (Å²) in [5.74, 6) is 1.59. The first-order valence-corrected chi connectivity index (χ1v) is 14.7. The summed E-state index contributed by atoms with van der Waals surface area (Å²) in [6.45, 7) is 1.25. The van der Waals surface area contributed by atoms with Crippen molar-refractivity contribution in [1.29, 1.82) is 0 Å². The van der Waals surface area contributed by atoms with Crippen molar-refractivity contribution >= 4 is 34.5 Å². The Labute approximate surface area is 247 Å². The Hall–Kier alpha value is -4.51. The lowest BCUT2D eigenvalue weighted by Gasteiger charge is -2.14. The van der Waals surface area contributed by atoms with Gasteiger partial charge in [-0.3, -0.25) is 19.0 Å². The van der Waals surface area contributed by atoms with Gasteiger partial charge in [-0.2, -0.15) is 0 Å². The van der Waals surface area contributed by atoms with Gasteiger partial charge in [0.25, 0.3) is 5.56 Å². The molecule has 0 fully saturated rings. The molecule has 42 heavy (non-hydrogen) atoms. The maximum Gasteiger partial charge on any atom is 0.262 e. The fourth-order valence-electron chi connectivity index (χ4n) is 4.50. The Morgan fingerprint density at radius 3 is 2.50 bits per heavy atom. The van der Waals surface area contributed by atoms with Crippen LogP contribution in [0.25, 0.3) is 10.9 Å². The van der Waals surface area contributed by atoms with Crippen LogP contribution in [0.15, 0.2) is 76.7 Å². The topological polar surface area (TPSA) is 121 Å². The molecule has 10 nitrogen and oxygen atoms in total. The number of nitrogens with one attached hydrogen (secondary N) is 2. The van der Waals surface area contributed by atoms with Crippen molar-refractivity contribution < 1.29 is 23.8 Å². The minimum Gasteiger partial charge on any atom is -0.497 e. The highest BCUT2D eigenvalue weighted by atomic mass is 32.2. The molecule has 0 saturated carbocycles. The molecule has 4 aromatic rings. The summed E-state index contributed by atoms with van der Waals surface area (Å²) in [5.41, 5.74) is 2.30. The predicted octanol–water partition coefficient (Wildman–Crippen LogP) is 3.68. The fourth-order valence-corrected chi connectivity index (χ4v) is 5.36. The molecule has 0 spiro atoms. The van der Waals surface area contributed by atoms with Crippen molar-refractivity contribution in [3.8, 4) is 17.2 Å². The molecular formula is C31H32N4O6S. The third-order valence-corrected chi connectivity index (χ3v) is 7.74. The molecule has 218 valence electrons. The van der Waals surface area contributed by atoms with Crippen LogP contribution < -0.4 is 30.4 Å². The van der Waals surface area contributed by atoms with E-state index >= 15 is 0 Å². The highest BCUT2D eigenvalue weighted by Crippen LogP contribution is 2.35. The number of methoxy groups -OCH3 is 1. The van der Waals surface area contributed by atoms with Gasteiger partial charge in [0.2, 0.25) is 18.6 Å². The van der Waals surface area contributed by atoms with Crippen molar-refractivity contribution in [2.45, 2.75) is 37.5 Å². The number of ether oxygens (including phenoxy) is 3. The van der Waals surface area contributed by atoms with Gasteiger partial charge in [-0.05, 0) is 42.2 Å². The minimum absolute atomic E-state index is 0.0796. The molecule has 11 heteroatoms. The van der Waals surface area contributed by atoms with E-state index in [9.17, 15) is 14.4 Å². The van der Waals surface area contributed by atoms with Crippen molar-refractivity contribution in [3.63, 3.8) is 0 Å². The maximum absolute atomic E-state index is 13.6. The summed E-state index contributed by atoms with van der Waals surface area (Å²) in [6, 6.07) is 20.7. The number of hydrogen-bond donors (Lipinski definition) is 2. The number of nitrogens with zero attached hydrogens (tertiary/aromatic N) is 2. The Bertz CT molecular complexity index is 1610. The standard InChI is InChI=1S/C31H32N4O6S/c1-39-23-11-9-22(10-12-23)18-33-28(36)8-5-15-35-30(38)24-16-26-27(41-20-40-26)17-25(24)34-31(35)42-19-29(37)32-14-13-21-6-3-2-4-7-21/h2-4,6-7,9-12,16-17H,5,8,13-15,18-20H2,1H3,(H,32,37)(H,33,36). The Balaban J connectivity index is 1.23. The van der Waals surface area contributed by atoms with Gasteiger partial charge < -0.3 is 24.8 Å². The number of rotatable bonds is 13. The largest absolute Gasteiger partial charge is 0.497 e. The van der Waals surface area contributed by atoms with E-state index < -0.39 is 0 Å². The third-order valence-electron chi connectivity index (χ3n) is 6.76. The van der Waals surface area contributed by atoms with E-state index in [2.05, 4.69) is 10.6 Å². The van der Waals surface area contributed by atoms with Crippen LogP contribution in [0.2, 0.25) is 0 Å². The molecule has 0 unspecified atom stereocenters. The quantitative estimate of drug-likeness (QED) is 0.179. The summed E-state index contributed by atoms with van der Waals surface area (Å²) in [4.78, 5) is 43.4. The van der Waals surface area contributed by atoms with Crippen LogP contribution in [0.1, 0.15) is 24.0 Å². The average molecular weight is 589 g/mol. The summed E-state index contributed by atoms with van der Waals surface area (Å²) in [5, 5.41) is 6.63. The molecule has 2 heterocycles. The van der Waals surface area contributed by atoms with Crippen LogP contribution >= 0.6 is 11.8 Å². The number of fused-ring (bicyclic) bond motifs is 2. The molecule has 0 radical (unpaired) electrons. The molecule has 2 N–H and O–H groups in total. The van der Waals surface area contributed by atoms with Crippen LogP contribution in [-0.2, 0) is 29.1 Å². The van der Waals surface area contributed by atoms with Gasteiger partial charge in [0.05, 0.1) is 23.8 Å². The second kappa shape index (κ2) is 13.9. The van der Waals surface area contributed by atoms with Gasteiger partial charge in [-0.25, -0.2) is 4.98 Å². The smallest absolute Gasteiger partial charge is 0.262 e. The number of aromatic nitrogens is 2. The van der Waals surface area contributed by atoms with E-state index in [1.54, 1.807) is 19.2 Å². The second-order valence-electron chi connectivity index (χ2n) is 9.68. The first-order chi connectivity index (χ1) is 20.5. The van der Waals surface area contributed by atoms with E-state index in [4.69, 9.17) is 19.2 Å². The lowest BCUT2D eigenvalue weighted by Crippen LogP contribution is -2.29. The Morgan fingerprint density at radius 2 is 1.74 bits per heavy atom. The molecule has 5 rings (SSSR count). The number of thioether (sulfide) groups is 1. The predicted molar refractivity (Wildman–Crippen MR) is 160 cm³/mol. The van der Waals surface area contributed by atoms with Crippen LogP contribution in [0, 0.1) is 0 Å².